The molecule has 0 unspecified atom stereocenters. The normalized spacial score (nSPS) is 11.2. The van der Waals surface area contributed by atoms with Gasteiger partial charge in [-0.1, -0.05) is 5.21 Å². The van der Waals surface area contributed by atoms with Crippen LogP contribution in [0.2, 0.25) is 0 Å². The number of anilines is 1. The predicted octanol–water partition coefficient (Wildman–Crippen LogP) is 2.72. The van der Waals surface area contributed by atoms with Crippen molar-refractivity contribution in [3.8, 4) is 23.0 Å². The lowest BCUT2D eigenvalue weighted by Gasteiger charge is -2.08. The molecule has 0 bridgehead atoms. The fourth-order valence-corrected chi connectivity index (χ4v) is 3.13. The third-order valence-electron chi connectivity index (χ3n) is 4.53. The summed E-state index contributed by atoms with van der Waals surface area (Å²) in [5.74, 6) is 1.93. The van der Waals surface area contributed by atoms with Crippen molar-refractivity contribution >= 4 is 17.0 Å². The van der Waals surface area contributed by atoms with E-state index >= 15 is 0 Å². The number of hydrogen-bond acceptors (Lipinski definition) is 8. The van der Waals surface area contributed by atoms with Crippen LogP contribution < -0.4 is 10.5 Å². The van der Waals surface area contributed by atoms with Crippen molar-refractivity contribution in [2.45, 2.75) is 13.0 Å². The highest BCUT2D eigenvalue weighted by Gasteiger charge is 2.13. The van der Waals surface area contributed by atoms with Crippen LogP contribution in [0.15, 0.2) is 65.8 Å². The second-order valence-electron chi connectivity index (χ2n) is 6.60. The number of hydrogen-bond donors (Lipinski definition) is 1. The topological polar surface area (TPSA) is 123 Å². The predicted molar refractivity (Wildman–Crippen MR) is 109 cm³/mol. The quantitative estimate of drug-likeness (QED) is 0.412. The Kier molecular flexibility index (Phi) is 4.56. The zero-order valence-electron chi connectivity index (χ0n) is 15.9. The van der Waals surface area contributed by atoms with Gasteiger partial charge in [-0.2, -0.15) is 9.67 Å². The van der Waals surface area contributed by atoms with Crippen molar-refractivity contribution in [2.24, 2.45) is 0 Å². The molecule has 0 aliphatic rings. The molecule has 0 saturated carbocycles. The maximum absolute atomic E-state index is 5.91. The Labute approximate surface area is 171 Å². The maximum atomic E-state index is 5.91. The Morgan fingerprint density at radius 3 is 2.93 bits per heavy atom. The van der Waals surface area contributed by atoms with Gasteiger partial charge in [-0.3, -0.25) is 0 Å². The second kappa shape index (κ2) is 7.66. The van der Waals surface area contributed by atoms with Gasteiger partial charge in [0.05, 0.1) is 19.2 Å². The van der Waals surface area contributed by atoms with Crippen LogP contribution in [0, 0.1) is 0 Å². The first-order valence-corrected chi connectivity index (χ1v) is 9.39. The highest BCUT2D eigenvalue weighted by molar-refractivity contribution is 5.77. The van der Waals surface area contributed by atoms with Gasteiger partial charge in [-0.25, -0.2) is 9.97 Å². The standard InChI is InChI=1S/C20H18N8O2/c21-20-23-16(18-3-1-9-30-18)12-19(24-20)28-17-11-14(4-5-15(17)25-26-28)29-10-2-7-27-8-6-22-13-27/h1,3-6,8-9,11-13H,2,7,10H2,(H2,21,23,24). The third-order valence-corrected chi connectivity index (χ3v) is 4.53. The molecule has 10 nitrogen and oxygen atoms in total. The molecule has 0 fully saturated rings. The van der Waals surface area contributed by atoms with Gasteiger partial charge in [0.2, 0.25) is 5.95 Å². The number of nitrogens with zero attached hydrogens (tertiary/aromatic N) is 7. The van der Waals surface area contributed by atoms with E-state index in [2.05, 4.69) is 25.3 Å². The largest absolute Gasteiger partial charge is 0.493 e. The second-order valence-corrected chi connectivity index (χ2v) is 6.60. The smallest absolute Gasteiger partial charge is 0.222 e. The molecule has 4 aromatic heterocycles. The molecule has 30 heavy (non-hydrogen) atoms. The summed E-state index contributed by atoms with van der Waals surface area (Å²) in [4.78, 5) is 12.6. The highest BCUT2D eigenvalue weighted by Crippen LogP contribution is 2.24. The van der Waals surface area contributed by atoms with Crippen LogP contribution in [0.1, 0.15) is 6.42 Å². The lowest BCUT2D eigenvalue weighted by molar-refractivity contribution is 0.302. The number of furan rings is 1. The molecule has 4 heterocycles. The van der Waals surface area contributed by atoms with Gasteiger partial charge in [0.25, 0.3) is 0 Å². The van der Waals surface area contributed by atoms with E-state index in [1.165, 1.54) is 0 Å². The first kappa shape index (κ1) is 17.9. The molecule has 1 aromatic carbocycles. The fourth-order valence-electron chi connectivity index (χ4n) is 3.13. The van der Waals surface area contributed by atoms with Crippen molar-refractivity contribution in [1.29, 1.82) is 0 Å². The number of nitrogen functional groups attached to an aromatic ring is 1. The molecule has 5 rings (SSSR count). The molecule has 0 spiro atoms. The Bertz CT molecular complexity index is 1260. The number of fused-ring (bicyclic) bond motifs is 1. The number of imidazole rings is 1. The fraction of sp³-hybridized carbons (Fsp3) is 0.150. The summed E-state index contributed by atoms with van der Waals surface area (Å²) in [6, 6.07) is 11.0. The maximum Gasteiger partial charge on any atom is 0.222 e. The van der Waals surface area contributed by atoms with E-state index < -0.39 is 0 Å². The van der Waals surface area contributed by atoms with Gasteiger partial charge >= 0.3 is 0 Å². The zero-order chi connectivity index (χ0) is 20.3. The molecule has 0 radical (unpaired) electrons. The number of benzene rings is 1. The van der Waals surface area contributed by atoms with Crippen LogP contribution in [0.25, 0.3) is 28.3 Å². The Balaban J connectivity index is 1.39. The highest BCUT2D eigenvalue weighted by atomic mass is 16.5. The first-order chi connectivity index (χ1) is 14.8. The van der Waals surface area contributed by atoms with E-state index in [4.69, 9.17) is 14.9 Å². The summed E-state index contributed by atoms with van der Waals surface area (Å²) in [6.45, 7) is 1.42. The average Bonchev–Trinajstić information content (AvgIpc) is 3.52. The van der Waals surface area contributed by atoms with Gasteiger partial charge in [-0.05, 0) is 30.7 Å². The number of rotatable bonds is 7. The van der Waals surface area contributed by atoms with Gasteiger partial charge < -0.3 is 19.5 Å². The first-order valence-electron chi connectivity index (χ1n) is 9.39. The van der Waals surface area contributed by atoms with E-state index in [0.717, 1.165) is 29.7 Å². The minimum Gasteiger partial charge on any atom is -0.493 e. The van der Waals surface area contributed by atoms with E-state index in [9.17, 15) is 0 Å². The van der Waals surface area contributed by atoms with E-state index in [1.807, 2.05) is 29.0 Å². The van der Waals surface area contributed by atoms with Crippen LogP contribution >= 0.6 is 0 Å². The van der Waals surface area contributed by atoms with Crippen LogP contribution in [0.5, 0.6) is 5.75 Å². The zero-order valence-corrected chi connectivity index (χ0v) is 15.9. The minimum atomic E-state index is 0.120. The molecule has 0 atom stereocenters. The molecule has 5 aromatic rings. The lowest BCUT2D eigenvalue weighted by Crippen LogP contribution is -2.05. The van der Waals surface area contributed by atoms with Crippen LogP contribution in [-0.4, -0.2) is 41.1 Å². The molecular formula is C20H18N8O2. The summed E-state index contributed by atoms with van der Waals surface area (Å²) in [6.07, 6.45) is 7.93. The molecule has 0 aliphatic carbocycles. The molecule has 2 N–H and O–H groups in total. The van der Waals surface area contributed by atoms with E-state index in [-0.39, 0.29) is 5.95 Å². The Hall–Kier alpha value is -4.21. The average molecular weight is 402 g/mol. The number of aromatic nitrogens is 7. The van der Waals surface area contributed by atoms with E-state index in [0.29, 0.717) is 23.9 Å². The molecule has 0 amide bonds. The molecule has 0 aliphatic heterocycles. The summed E-state index contributed by atoms with van der Waals surface area (Å²) in [7, 11) is 0. The molecular weight excluding hydrogens is 384 g/mol. The molecule has 10 heteroatoms. The summed E-state index contributed by atoms with van der Waals surface area (Å²) < 4.78 is 14.9. The monoisotopic (exact) mass is 402 g/mol. The van der Waals surface area contributed by atoms with Crippen molar-refractivity contribution < 1.29 is 9.15 Å². The number of ether oxygens (including phenoxy) is 1. The lowest BCUT2D eigenvalue weighted by atomic mass is 10.3. The van der Waals surface area contributed by atoms with E-state index in [1.54, 1.807) is 41.7 Å². The molecule has 0 saturated heterocycles. The van der Waals surface area contributed by atoms with Crippen molar-refractivity contribution in [1.82, 2.24) is 34.5 Å². The summed E-state index contributed by atoms with van der Waals surface area (Å²) in [5, 5.41) is 8.44. The summed E-state index contributed by atoms with van der Waals surface area (Å²) >= 11 is 0. The van der Waals surface area contributed by atoms with Crippen molar-refractivity contribution in [3.05, 3.63) is 61.4 Å². The minimum absolute atomic E-state index is 0.120. The van der Waals surface area contributed by atoms with Gasteiger partial charge in [-0.15, -0.1) is 5.10 Å². The van der Waals surface area contributed by atoms with Gasteiger partial charge in [0.15, 0.2) is 11.6 Å². The van der Waals surface area contributed by atoms with Crippen molar-refractivity contribution in [2.75, 3.05) is 12.3 Å². The molecule has 150 valence electrons. The van der Waals surface area contributed by atoms with Crippen LogP contribution in [0.3, 0.4) is 0 Å². The Morgan fingerprint density at radius 2 is 2.10 bits per heavy atom. The summed E-state index contributed by atoms with van der Waals surface area (Å²) in [5.41, 5.74) is 7.95. The van der Waals surface area contributed by atoms with Gasteiger partial charge in [0.1, 0.15) is 22.5 Å². The number of nitrogens with two attached hydrogens (primary N) is 1. The SMILES string of the molecule is Nc1nc(-c2ccco2)cc(-n2nnc3ccc(OCCCn4ccnc4)cc32)n1. The van der Waals surface area contributed by atoms with Crippen LogP contribution in [0.4, 0.5) is 5.95 Å². The van der Waals surface area contributed by atoms with Crippen LogP contribution in [-0.2, 0) is 6.54 Å². The number of aryl methyl sites for hydroxylation is 1. The third kappa shape index (κ3) is 3.58. The Morgan fingerprint density at radius 1 is 1.13 bits per heavy atom. The van der Waals surface area contributed by atoms with Gasteiger partial charge in [0, 0.05) is 31.1 Å². The van der Waals surface area contributed by atoms with Crippen molar-refractivity contribution in [3.63, 3.8) is 0 Å².